The molecule has 0 radical (unpaired) electrons. The minimum Gasteiger partial charge on any atom is -0.395 e. The number of para-hydroxylation sites is 1. The molecule has 0 atom stereocenters. The number of hydrogen-bond donors (Lipinski definition) is 2. The number of rotatable bonds is 7. The zero-order chi connectivity index (χ0) is 15.8. The molecule has 22 heavy (non-hydrogen) atoms. The van der Waals surface area contributed by atoms with Crippen LogP contribution in [-0.2, 0) is 0 Å². The van der Waals surface area contributed by atoms with E-state index in [2.05, 4.69) is 17.3 Å². The first-order chi connectivity index (χ1) is 10.7. The summed E-state index contributed by atoms with van der Waals surface area (Å²) in [5.41, 5.74) is 1.56. The molecule has 0 aliphatic carbocycles. The third kappa shape index (κ3) is 4.33. The highest BCUT2D eigenvalue weighted by atomic mass is 16.3. The molecule has 2 N–H and O–H groups in total. The zero-order valence-corrected chi connectivity index (χ0v) is 12.8. The van der Waals surface area contributed by atoms with Gasteiger partial charge in [0.2, 0.25) is 0 Å². The predicted molar refractivity (Wildman–Crippen MR) is 86.1 cm³/mol. The normalized spacial score (nSPS) is 10.5. The molecule has 0 aliphatic rings. The zero-order valence-electron chi connectivity index (χ0n) is 12.8. The van der Waals surface area contributed by atoms with Gasteiger partial charge in [0.05, 0.1) is 30.4 Å². The van der Waals surface area contributed by atoms with E-state index in [0.717, 1.165) is 18.5 Å². The van der Waals surface area contributed by atoms with Crippen molar-refractivity contribution in [2.24, 2.45) is 0 Å². The van der Waals surface area contributed by atoms with Crippen LogP contribution in [0.1, 0.15) is 19.8 Å². The van der Waals surface area contributed by atoms with Gasteiger partial charge in [0.1, 0.15) is 0 Å². The fourth-order valence-corrected chi connectivity index (χ4v) is 2.10. The Morgan fingerprint density at radius 3 is 2.77 bits per heavy atom. The van der Waals surface area contributed by atoms with Crippen molar-refractivity contribution < 1.29 is 9.90 Å². The number of aliphatic hydroxyl groups is 1. The Morgan fingerprint density at radius 2 is 2.09 bits per heavy atom. The van der Waals surface area contributed by atoms with E-state index in [-0.39, 0.29) is 12.6 Å². The number of amides is 2. The summed E-state index contributed by atoms with van der Waals surface area (Å²) in [4.78, 5) is 13.8. The first-order valence-electron chi connectivity index (χ1n) is 7.51. The molecule has 1 aromatic carbocycles. The smallest absolute Gasteiger partial charge is 0.322 e. The molecule has 118 valence electrons. The highest BCUT2D eigenvalue weighted by Crippen LogP contribution is 2.12. The summed E-state index contributed by atoms with van der Waals surface area (Å²) in [6, 6.07) is 9.48. The van der Waals surface area contributed by atoms with Gasteiger partial charge in [0.25, 0.3) is 0 Å². The number of carbonyl (C=O) groups is 1. The molecular formula is C16H22N4O2. The third-order valence-corrected chi connectivity index (χ3v) is 3.29. The van der Waals surface area contributed by atoms with Crippen LogP contribution in [0.4, 0.5) is 10.5 Å². The lowest BCUT2D eigenvalue weighted by Crippen LogP contribution is -2.37. The predicted octanol–water partition coefficient (Wildman–Crippen LogP) is 2.50. The lowest BCUT2D eigenvalue weighted by Gasteiger charge is -2.21. The van der Waals surface area contributed by atoms with Crippen molar-refractivity contribution in [3.63, 3.8) is 0 Å². The van der Waals surface area contributed by atoms with Crippen molar-refractivity contribution in [2.75, 3.05) is 25.0 Å². The first-order valence-corrected chi connectivity index (χ1v) is 7.51. The molecule has 0 aliphatic heterocycles. The van der Waals surface area contributed by atoms with Gasteiger partial charge >= 0.3 is 6.03 Å². The van der Waals surface area contributed by atoms with Gasteiger partial charge in [-0.2, -0.15) is 5.10 Å². The van der Waals surface area contributed by atoms with E-state index in [9.17, 15) is 4.79 Å². The lowest BCUT2D eigenvalue weighted by molar-refractivity contribution is 0.187. The van der Waals surface area contributed by atoms with Crippen molar-refractivity contribution in [3.8, 4) is 5.69 Å². The number of carbonyl (C=O) groups excluding carboxylic acids is 1. The van der Waals surface area contributed by atoms with Gasteiger partial charge in [0.15, 0.2) is 0 Å². The quantitative estimate of drug-likeness (QED) is 0.825. The fourth-order valence-electron chi connectivity index (χ4n) is 2.10. The number of hydrogen-bond acceptors (Lipinski definition) is 3. The molecule has 2 aromatic rings. The second kappa shape index (κ2) is 8.19. The molecule has 0 fully saturated rings. The number of benzene rings is 1. The van der Waals surface area contributed by atoms with Crippen molar-refractivity contribution in [3.05, 3.63) is 42.7 Å². The molecule has 1 aromatic heterocycles. The summed E-state index contributed by atoms with van der Waals surface area (Å²) >= 11 is 0. The number of aromatic nitrogens is 2. The number of nitrogens with zero attached hydrogens (tertiary/aromatic N) is 3. The Kier molecular flexibility index (Phi) is 5.97. The SMILES string of the molecule is CCCCN(CCO)C(=O)Nc1cnn(-c2ccccc2)c1. The molecule has 0 bridgehead atoms. The van der Waals surface area contributed by atoms with Gasteiger partial charge in [-0.3, -0.25) is 0 Å². The third-order valence-electron chi connectivity index (χ3n) is 3.29. The van der Waals surface area contributed by atoms with Crippen LogP contribution in [0.3, 0.4) is 0 Å². The van der Waals surface area contributed by atoms with Crippen molar-refractivity contribution in [2.45, 2.75) is 19.8 Å². The van der Waals surface area contributed by atoms with E-state index in [1.165, 1.54) is 0 Å². The average molecular weight is 302 g/mol. The molecule has 2 rings (SSSR count). The average Bonchev–Trinajstić information content (AvgIpc) is 3.00. The van der Waals surface area contributed by atoms with E-state index in [1.54, 1.807) is 22.0 Å². The van der Waals surface area contributed by atoms with Crippen molar-refractivity contribution in [1.29, 1.82) is 0 Å². The van der Waals surface area contributed by atoms with Crippen molar-refractivity contribution in [1.82, 2.24) is 14.7 Å². The van der Waals surface area contributed by atoms with Crippen LogP contribution in [0.2, 0.25) is 0 Å². The number of nitrogens with one attached hydrogen (secondary N) is 1. The number of unbranched alkanes of at least 4 members (excludes halogenated alkanes) is 1. The van der Waals surface area contributed by atoms with Gasteiger partial charge in [-0.25, -0.2) is 9.48 Å². The van der Waals surface area contributed by atoms with Gasteiger partial charge in [-0.05, 0) is 18.6 Å². The summed E-state index contributed by atoms with van der Waals surface area (Å²) in [5, 5.41) is 16.1. The highest BCUT2D eigenvalue weighted by molar-refractivity contribution is 5.89. The maximum atomic E-state index is 12.2. The Bertz CT molecular complexity index is 583. The van der Waals surface area contributed by atoms with Gasteiger partial charge in [-0.15, -0.1) is 0 Å². The molecule has 0 spiro atoms. The summed E-state index contributed by atoms with van der Waals surface area (Å²) in [5.74, 6) is 0. The largest absolute Gasteiger partial charge is 0.395 e. The summed E-state index contributed by atoms with van der Waals surface area (Å²) in [7, 11) is 0. The molecule has 2 amide bonds. The van der Waals surface area contributed by atoms with Crippen LogP contribution in [0.15, 0.2) is 42.7 Å². The van der Waals surface area contributed by atoms with E-state index >= 15 is 0 Å². The van der Waals surface area contributed by atoms with Crippen LogP contribution in [0.5, 0.6) is 0 Å². The van der Waals surface area contributed by atoms with E-state index in [0.29, 0.717) is 18.8 Å². The monoisotopic (exact) mass is 302 g/mol. The molecule has 0 saturated carbocycles. The van der Waals surface area contributed by atoms with Crippen LogP contribution in [0.25, 0.3) is 5.69 Å². The number of aliphatic hydroxyl groups excluding tert-OH is 1. The number of anilines is 1. The Hall–Kier alpha value is -2.34. The molecule has 6 nitrogen and oxygen atoms in total. The molecule has 0 unspecified atom stereocenters. The van der Waals surface area contributed by atoms with Gasteiger partial charge in [0, 0.05) is 13.1 Å². The van der Waals surface area contributed by atoms with Crippen LogP contribution in [-0.4, -0.2) is 45.5 Å². The summed E-state index contributed by atoms with van der Waals surface area (Å²) in [6.45, 7) is 2.99. The van der Waals surface area contributed by atoms with Crippen molar-refractivity contribution >= 4 is 11.7 Å². The van der Waals surface area contributed by atoms with Gasteiger partial charge < -0.3 is 15.3 Å². The number of urea groups is 1. The van der Waals surface area contributed by atoms with Gasteiger partial charge in [-0.1, -0.05) is 31.5 Å². The summed E-state index contributed by atoms with van der Waals surface area (Å²) in [6.07, 6.45) is 5.30. The Balaban J connectivity index is 2.00. The lowest BCUT2D eigenvalue weighted by atomic mass is 10.3. The Labute approximate surface area is 130 Å². The minimum atomic E-state index is -0.213. The second-order valence-corrected chi connectivity index (χ2v) is 5.00. The summed E-state index contributed by atoms with van der Waals surface area (Å²) < 4.78 is 1.71. The Morgan fingerprint density at radius 1 is 1.32 bits per heavy atom. The van der Waals surface area contributed by atoms with E-state index < -0.39 is 0 Å². The standard InChI is InChI=1S/C16H22N4O2/c1-2-3-9-19(10-11-21)16(22)18-14-12-17-20(13-14)15-7-5-4-6-8-15/h4-8,12-13,21H,2-3,9-11H2,1H3,(H,18,22). The molecule has 0 saturated heterocycles. The maximum absolute atomic E-state index is 12.2. The molecule has 6 heteroatoms. The maximum Gasteiger partial charge on any atom is 0.322 e. The second-order valence-electron chi connectivity index (χ2n) is 5.00. The van der Waals surface area contributed by atoms with Crippen LogP contribution < -0.4 is 5.32 Å². The topological polar surface area (TPSA) is 70.4 Å². The van der Waals surface area contributed by atoms with E-state index in [1.807, 2.05) is 30.3 Å². The van der Waals surface area contributed by atoms with Crippen LogP contribution >= 0.6 is 0 Å². The fraction of sp³-hybridized carbons (Fsp3) is 0.375. The highest BCUT2D eigenvalue weighted by Gasteiger charge is 2.13. The van der Waals surface area contributed by atoms with E-state index in [4.69, 9.17) is 5.11 Å². The first kappa shape index (κ1) is 16.0. The van der Waals surface area contributed by atoms with Crippen LogP contribution in [0, 0.1) is 0 Å². The minimum absolute atomic E-state index is 0.0413. The molecular weight excluding hydrogens is 280 g/mol. The molecule has 1 heterocycles.